The van der Waals surface area contributed by atoms with Gasteiger partial charge in [0, 0.05) is 4.88 Å². The highest BCUT2D eigenvalue weighted by atomic mass is 32.1. The van der Waals surface area contributed by atoms with Crippen molar-refractivity contribution in [1.29, 1.82) is 0 Å². The molecule has 1 aromatic rings. The molecule has 1 aromatic heterocycles. The average molecular weight is 280 g/mol. The summed E-state index contributed by atoms with van der Waals surface area (Å²) in [6, 6.07) is 4.31. The van der Waals surface area contributed by atoms with Crippen LogP contribution >= 0.6 is 11.3 Å². The summed E-state index contributed by atoms with van der Waals surface area (Å²) >= 11 is 1.72. The second-order valence-electron chi connectivity index (χ2n) is 5.78. The maximum Gasteiger partial charge on any atom is 0.240 e. The number of amides is 1. The van der Waals surface area contributed by atoms with Gasteiger partial charge in [0.1, 0.15) is 0 Å². The summed E-state index contributed by atoms with van der Waals surface area (Å²) < 4.78 is 0. The van der Waals surface area contributed by atoms with Gasteiger partial charge >= 0.3 is 0 Å². The zero-order chi connectivity index (χ0) is 13.9. The Morgan fingerprint density at radius 3 is 2.79 bits per heavy atom. The maximum absolute atomic E-state index is 12.3. The van der Waals surface area contributed by atoms with Crippen molar-refractivity contribution in [2.45, 2.75) is 57.5 Å². The summed E-state index contributed by atoms with van der Waals surface area (Å²) in [5, 5.41) is 5.27. The first-order valence-electron chi connectivity index (χ1n) is 7.18. The molecule has 0 bridgehead atoms. The largest absolute Gasteiger partial charge is 0.347 e. The fourth-order valence-corrected chi connectivity index (χ4v) is 3.52. The first kappa shape index (κ1) is 14.5. The Morgan fingerprint density at radius 1 is 1.58 bits per heavy atom. The number of carbonyl (C=O) groups excluding carboxylic acids is 1. The molecule has 1 heterocycles. The minimum Gasteiger partial charge on any atom is -0.347 e. The van der Waals surface area contributed by atoms with Gasteiger partial charge in [-0.1, -0.05) is 25.8 Å². The first-order valence-corrected chi connectivity index (χ1v) is 8.06. The second-order valence-corrected chi connectivity index (χ2v) is 6.76. The van der Waals surface area contributed by atoms with Crippen molar-refractivity contribution >= 4 is 17.2 Å². The van der Waals surface area contributed by atoms with Crippen LogP contribution in [0, 0.1) is 5.92 Å². The van der Waals surface area contributed by atoms with Crippen LogP contribution in [0.5, 0.6) is 0 Å². The third-order valence-corrected chi connectivity index (χ3v) is 5.22. The molecule has 3 nitrogen and oxygen atoms in total. The van der Waals surface area contributed by atoms with Crippen molar-refractivity contribution in [2.24, 2.45) is 11.7 Å². The molecule has 1 amide bonds. The molecule has 2 unspecified atom stereocenters. The number of rotatable bonds is 5. The van der Waals surface area contributed by atoms with Gasteiger partial charge in [0.2, 0.25) is 5.91 Å². The molecule has 1 saturated carbocycles. The van der Waals surface area contributed by atoms with Crippen molar-refractivity contribution < 1.29 is 4.79 Å². The quantitative estimate of drug-likeness (QED) is 0.870. The fourth-order valence-electron chi connectivity index (χ4n) is 2.65. The molecular formula is C15H24N2OS. The third-order valence-electron chi connectivity index (χ3n) is 4.26. The lowest BCUT2D eigenvalue weighted by Gasteiger charge is -2.29. The SMILES string of the molecule is CCC(C)(N)C(=O)NC(c1cccs1)C1CCCC1. The lowest BCUT2D eigenvalue weighted by molar-refractivity contribution is -0.127. The topological polar surface area (TPSA) is 55.1 Å². The number of hydrogen-bond donors (Lipinski definition) is 2. The minimum absolute atomic E-state index is 0.0275. The number of thiophene rings is 1. The summed E-state index contributed by atoms with van der Waals surface area (Å²) in [4.78, 5) is 13.6. The van der Waals surface area contributed by atoms with E-state index in [2.05, 4.69) is 22.8 Å². The highest BCUT2D eigenvalue weighted by Crippen LogP contribution is 2.37. The monoisotopic (exact) mass is 280 g/mol. The molecular weight excluding hydrogens is 256 g/mol. The Hall–Kier alpha value is -0.870. The van der Waals surface area contributed by atoms with Gasteiger partial charge in [-0.3, -0.25) is 4.79 Å². The van der Waals surface area contributed by atoms with Crippen LogP contribution in [0.4, 0.5) is 0 Å². The molecule has 0 spiro atoms. The molecule has 1 aliphatic carbocycles. The predicted octanol–water partition coefficient (Wildman–Crippen LogP) is 3.22. The summed E-state index contributed by atoms with van der Waals surface area (Å²) in [5.41, 5.74) is 5.28. The van der Waals surface area contributed by atoms with Gasteiger partial charge in [0.25, 0.3) is 0 Å². The van der Waals surface area contributed by atoms with Crippen LogP contribution in [0.1, 0.15) is 56.9 Å². The van der Waals surface area contributed by atoms with Crippen LogP contribution in [-0.4, -0.2) is 11.4 Å². The standard InChI is InChI=1S/C15H24N2OS/c1-3-15(2,16)14(18)17-13(11-7-4-5-8-11)12-9-6-10-19-12/h6,9-11,13H,3-5,7-8,16H2,1-2H3,(H,17,18). The molecule has 106 valence electrons. The average Bonchev–Trinajstić information content (AvgIpc) is 3.08. The molecule has 4 heteroatoms. The van der Waals surface area contributed by atoms with Gasteiger partial charge in [-0.2, -0.15) is 0 Å². The van der Waals surface area contributed by atoms with E-state index in [1.165, 1.54) is 30.6 Å². The third kappa shape index (κ3) is 3.37. The zero-order valence-corrected chi connectivity index (χ0v) is 12.6. The van der Waals surface area contributed by atoms with Crippen LogP contribution in [0.2, 0.25) is 0 Å². The van der Waals surface area contributed by atoms with Gasteiger partial charge in [-0.05, 0) is 43.6 Å². The Kier molecular flexibility index (Phi) is 4.63. The molecule has 1 fully saturated rings. The van der Waals surface area contributed by atoms with Gasteiger partial charge in [0.15, 0.2) is 0 Å². The van der Waals surface area contributed by atoms with E-state index in [0.717, 1.165) is 0 Å². The minimum atomic E-state index is -0.770. The Labute approximate surface area is 119 Å². The van der Waals surface area contributed by atoms with E-state index >= 15 is 0 Å². The maximum atomic E-state index is 12.3. The van der Waals surface area contributed by atoms with Crippen LogP contribution in [0.25, 0.3) is 0 Å². The Balaban J connectivity index is 2.12. The van der Waals surface area contributed by atoms with E-state index in [1.54, 1.807) is 11.3 Å². The molecule has 0 aromatic carbocycles. The lowest BCUT2D eigenvalue weighted by Crippen LogP contribution is -2.52. The molecule has 1 aliphatic rings. The summed E-state index contributed by atoms with van der Waals surface area (Å²) in [5.74, 6) is 0.538. The molecule has 0 saturated heterocycles. The first-order chi connectivity index (χ1) is 9.04. The smallest absolute Gasteiger partial charge is 0.240 e. The predicted molar refractivity (Wildman–Crippen MR) is 80.0 cm³/mol. The molecule has 0 aliphatic heterocycles. The van der Waals surface area contributed by atoms with Crippen LogP contribution in [0.3, 0.4) is 0 Å². The van der Waals surface area contributed by atoms with Crippen molar-refractivity contribution in [3.63, 3.8) is 0 Å². The van der Waals surface area contributed by atoms with E-state index in [-0.39, 0.29) is 11.9 Å². The van der Waals surface area contributed by atoms with Crippen molar-refractivity contribution in [2.75, 3.05) is 0 Å². The van der Waals surface area contributed by atoms with Crippen molar-refractivity contribution in [3.8, 4) is 0 Å². The molecule has 2 atom stereocenters. The molecule has 2 rings (SSSR count). The fraction of sp³-hybridized carbons (Fsp3) is 0.667. The van der Waals surface area contributed by atoms with E-state index in [9.17, 15) is 4.79 Å². The zero-order valence-electron chi connectivity index (χ0n) is 11.8. The summed E-state index contributed by atoms with van der Waals surface area (Å²) in [7, 11) is 0. The van der Waals surface area contributed by atoms with Crippen molar-refractivity contribution in [3.05, 3.63) is 22.4 Å². The molecule has 3 N–H and O–H groups in total. The number of nitrogens with two attached hydrogens (primary N) is 1. The molecule has 0 radical (unpaired) electrons. The Morgan fingerprint density at radius 2 is 2.26 bits per heavy atom. The number of hydrogen-bond acceptors (Lipinski definition) is 3. The highest BCUT2D eigenvalue weighted by Gasteiger charge is 2.33. The van der Waals surface area contributed by atoms with E-state index in [0.29, 0.717) is 12.3 Å². The van der Waals surface area contributed by atoms with Gasteiger partial charge in [0.05, 0.1) is 11.6 Å². The molecule has 19 heavy (non-hydrogen) atoms. The van der Waals surface area contributed by atoms with Crippen LogP contribution in [0.15, 0.2) is 17.5 Å². The van der Waals surface area contributed by atoms with E-state index in [4.69, 9.17) is 5.73 Å². The number of nitrogens with one attached hydrogen (secondary N) is 1. The highest BCUT2D eigenvalue weighted by molar-refractivity contribution is 7.10. The van der Waals surface area contributed by atoms with Gasteiger partial charge < -0.3 is 11.1 Å². The lowest BCUT2D eigenvalue weighted by atomic mass is 9.93. The van der Waals surface area contributed by atoms with E-state index in [1.807, 2.05) is 13.8 Å². The Bertz CT molecular complexity index is 408. The number of carbonyl (C=O) groups is 1. The van der Waals surface area contributed by atoms with Crippen LogP contribution in [-0.2, 0) is 4.79 Å². The van der Waals surface area contributed by atoms with Gasteiger partial charge in [-0.15, -0.1) is 11.3 Å². The second kappa shape index (κ2) is 6.06. The summed E-state index contributed by atoms with van der Waals surface area (Å²) in [6.45, 7) is 3.76. The van der Waals surface area contributed by atoms with E-state index < -0.39 is 5.54 Å². The van der Waals surface area contributed by atoms with Crippen molar-refractivity contribution in [1.82, 2.24) is 5.32 Å². The summed E-state index contributed by atoms with van der Waals surface area (Å²) in [6.07, 6.45) is 5.61. The van der Waals surface area contributed by atoms with Crippen LogP contribution < -0.4 is 11.1 Å². The normalized spacial score (nSPS) is 21.0. The van der Waals surface area contributed by atoms with Gasteiger partial charge in [-0.25, -0.2) is 0 Å².